The van der Waals surface area contributed by atoms with Crippen molar-refractivity contribution in [2.24, 2.45) is 0 Å². The molecule has 1 amide bonds. The van der Waals surface area contributed by atoms with Gasteiger partial charge < -0.3 is 9.88 Å². The number of fused-ring (bicyclic) bond motifs is 1. The second kappa shape index (κ2) is 7.31. The van der Waals surface area contributed by atoms with Crippen LogP contribution in [0.4, 0.5) is 5.69 Å². The number of amides is 1. The lowest BCUT2D eigenvalue weighted by Gasteiger charge is -2.35. The molecule has 0 bridgehead atoms. The predicted octanol–water partition coefficient (Wildman–Crippen LogP) is 2.18. The molecule has 0 aromatic carbocycles. The van der Waals surface area contributed by atoms with Crippen molar-refractivity contribution >= 4 is 11.6 Å². The highest BCUT2D eigenvalue weighted by Crippen LogP contribution is 2.31. The molecule has 1 unspecified atom stereocenters. The molecule has 0 saturated carbocycles. The van der Waals surface area contributed by atoms with Crippen LogP contribution in [0.2, 0.25) is 0 Å². The first-order valence-electron chi connectivity index (χ1n) is 9.17. The Morgan fingerprint density at radius 3 is 2.84 bits per heavy atom. The second-order valence-electron chi connectivity index (χ2n) is 6.85. The summed E-state index contributed by atoms with van der Waals surface area (Å²) < 4.78 is 2.28. The van der Waals surface area contributed by atoms with Gasteiger partial charge >= 0.3 is 0 Å². The van der Waals surface area contributed by atoms with Gasteiger partial charge in [0.15, 0.2) is 0 Å². The molecule has 4 heterocycles. The summed E-state index contributed by atoms with van der Waals surface area (Å²) in [7, 11) is 0. The van der Waals surface area contributed by atoms with Gasteiger partial charge in [0.1, 0.15) is 11.6 Å². The van der Waals surface area contributed by atoms with Crippen LogP contribution < -0.4 is 5.32 Å². The number of pyridine rings is 1. The van der Waals surface area contributed by atoms with Crippen molar-refractivity contribution in [3.8, 4) is 0 Å². The first kappa shape index (κ1) is 16.2. The molecule has 2 aromatic rings. The minimum Gasteiger partial charge on any atom is -0.325 e. The van der Waals surface area contributed by atoms with Crippen LogP contribution in [0.15, 0.2) is 24.5 Å². The van der Waals surface area contributed by atoms with E-state index in [4.69, 9.17) is 0 Å². The number of likely N-dealkylation sites (tertiary alicyclic amines) is 1. The molecule has 4 rings (SSSR count). The van der Waals surface area contributed by atoms with Crippen LogP contribution in [-0.4, -0.2) is 43.6 Å². The van der Waals surface area contributed by atoms with E-state index < -0.39 is 0 Å². The fourth-order valence-electron chi connectivity index (χ4n) is 3.87. The third-order valence-electron chi connectivity index (χ3n) is 5.11. The first-order chi connectivity index (χ1) is 12.3. The number of aromatic nitrogens is 4. The molecule has 0 spiro atoms. The standard InChI is InChI=1S/C18H24N6O/c25-17(20-14-7-9-19-10-8-14)13-23-11-3-1-5-15(23)18-22-21-16-6-2-4-12-24(16)18/h7-10,15H,1-6,11-13H2,(H,19,20,25). The Morgan fingerprint density at radius 1 is 1.12 bits per heavy atom. The molecule has 2 aliphatic heterocycles. The molecule has 132 valence electrons. The van der Waals surface area contributed by atoms with Gasteiger partial charge in [-0.05, 0) is 44.4 Å². The third kappa shape index (κ3) is 3.56. The Hall–Kier alpha value is -2.28. The summed E-state index contributed by atoms with van der Waals surface area (Å²) in [6.07, 6.45) is 10.1. The second-order valence-corrected chi connectivity index (χ2v) is 6.85. The summed E-state index contributed by atoms with van der Waals surface area (Å²) in [4.78, 5) is 18.7. The number of nitrogens with one attached hydrogen (secondary N) is 1. The Labute approximate surface area is 147 Å². The zero-order chi connectivity index (χ0) is 17.1. The maximum absolute atomic E-state index is 12.5. The fourth-order valence-corrected chi connectivity index (χ4v) is 3.87. The van der Waals surface area contributed by atoms with Crippen LogP contribution in [0, 0.1) is 0 Å². The molecule has 0 aliphatic carbocycles. The van der Waals surface area contributed by atoms with Crippen molar-refractivity contribution in [1.82, 2.24) is 24.6 Å². The maximum Gasteiger partial charge on any atom is 0.238 e. The lowest BCUT2D eigenvalue weighted by atomic mass is 10.0. The molecule has 25 heavy (non-hydrogen) atoms. The average Bonchev–Trinajstić information content (AvgIpc) is 3.07. The normalized spacial score (nSPS) is 20.9. The number of carbonyl (C=O) groups excluding carboxylic acids is 1. The summed E-state index contributed by atoms with van der Waals surface area (Å²) >= 11 is 0. The van der Waals surface area contributed by atoms with E-state index in [1.54, 1.807) is 24.5 Å². The van der Waals surface area contributed by atoms with Crippen molar-refractivity contribution < 1.29 is 4.79 Å². The maximum atomic E-state index is 12.5. The molecular weight excluding hydrogens is 316 g/mol. The third-order valence-corrected chi connectivity index (χ3v) is 5.11. The number of piperidine rings is 1. The largest absolute Gasteiger partial charge is 0.325 e. The monoisotopic (exact) mass is 340 g/mol. The minimum absolute atomic E-state index is 0.0106. The van der Waals surface area contributed by atoms with E-state index in [-0.39, 0.29) is 11.9 Å². The van der Waals surface area contributed by atoms with Gasteiger partial charge in [-0.25, -0.2) is 0 Å². The van der Waals surface area contributed by atoms with Crippen molar-refractivity contribution in [3.05, 3.63) is 36.2 Å². The number of hydrogen-bond donors (Lipinski definition) is 1. The van der Waals surface area contributed by atoms with E-state index in [2.05, 4.69) is 30.0 Å². The number of rotatable bonds is 4. The Kier molecular flexibility index (Phi) is 4.74. The summed E-state index contributed by atoms with van der Waals surface area (Å²) in [5.41, 5.74) is 0.786. The SMILES string of the molecule is O=C(CN1CCCCC1c1nnc2n1CCCC2)Nc1ccncc1. The van der Waals surface area contributed by atoms with Gasteiger partial charge in [-0.3, -0.25) is 14.7 Å². The van der Waals surface area contributed by atoms with Crippen molar-refractivity contribution in [2.75, 3.05) is 18.4 Å². The molecule has 2 aliphatic rings. The van der Waals surface area contributed by atoms with Crippen molar-refractivity contribution in [2.45, 2.75) is 51.1 Å². The topological polar surface area (TPSA) is 75.9 Å². The first-order valence-corrected chi connectivity index (χ1v) is 9.17. The van der Waals surface area contributed by atoms with Gasteiger partial charge in [-0.15, -0.1) is 10.2 Å². The van der Waals surface area contributed by atoms with E-state index >= 15 is 0 Å². The van der Waals surface area contributed by atoms with E-state index in [0.717, 1.165) is 49.7 Å². The van der Waals surface area contributed by atoms with Gasteiger partial charge in [-0.2, -0.15) is 0 Å². The van der Waals surface area contributed by atoms with Gasteiger partial charge in [0.25, 0.3) is 0 Å². The van der Waals surface area contributed by atoms with Crippen LogP contribution in [0.5, 0.6) is 0 Å². The van der Waals surface area contributed by atoms with Crippen LogP contribution in [0.25, 0.3) is 0 Å². The number of aryl methyl sites for hydroxylation is 1. The lowest BCUT2D eigenvalue weighted by Crippen LogP contribution is -2.40. The zero-order valence-electron chi connectivity index (χ0n) is 14.4. The number of anilines is 1. The molecular formula is C18H24N6O. The van der Waals surface area contributed by atoms with Gasteiger partial charge in [0.2, 0.25) is 5.91 Å². The smallest absolute Gasteiger partial charge is 0.238 e. The summed E-state index contributed by atoms with van der Waals surface area (Å²) in [6, 6.07) is 3.80. The Morgan fingerprint density at radius 2 is 1.96 bits per heavy atom. The van der Waals surface area contributed by atoms with Gasteiger partial charge in [-0.1, -0.05) is 6.42 Å². The molecule has 1 N–H and O–H groups in total. The number of carbonyl (C=O) groups is 1. The Balaban J connectivity index is 1.48. The quantitative estimate of drug-likeness (QED) is 0.923. The number of hydrogen-bond acceptors (Lipinski definition) is 5. The average molecular weight is 340 g/mol. The van der Waals surface area contributed by atoms with Crippen LogP contribution in [-0.2, 0) is 17.8 Å². The highest BCUT2D eigenvalue weighted by Gasteiger charge is 2.31. The van der Waals surface area contributed by atoms with E-state index in [0.29, 0.717) is 6.54 Å². The van der Waals surface area contributed by atoms with Crippen molar-refractivity contribution in [1.29, 1.82) is 0 Å². The fraction of sp³-hybridized carbons (Fsp3) is 0.556. The molecule has 1 fully saturated rings. The molecule has 7 heteroatoms. The molecule has 7 nitrogen and oxygen atoms in total. The number of nitrogens with zero attached hydrogens (tertiary/aromatic N) is 5. The lowest BCUT2D eigenvalue weighted by molar-refractivity contribution is -0.118. The van der Waals surface area contributed by atoms with E-state index in [1.807, 2.05) is 0 Å². The molecule has 2 aromatic heterocycles. The van der Waals surface area contributed by atoms with E-state index in [9.17, 15) is 4.79 Å². The zero-order valence-corrected chi connectivity index (χ0v) is 14.4. The molecule has 0 radical (unpaired) electrons. The Bertz CT molecular complexity index is 728. The molecule has 1 atom stereocenters. The van der Waals surface area contributed by atoms with Gasteiger partial charge in [0, 0.05) is 31.0 Å². The summed E-state index contributed by atoms with van der Waals surface area (Å²) in [5, 5.41) is 11.8. The van der Waals surface area contributed by atoms with Gasteiger partial charge in [0.05, 0.1) is 12.6 Å². The summed E-state index contributed by atoms with van der Waals surface area (Å²) in [5.74, 6) is 2.16. The van der Waals surface area contributed by atoms with Crippen LogP contribution in [0.1, 0.15) is 49.8 Å². The molecule has 1 saturated heterocycles. The van der Waals surface area contributed by atoms with E-state index in [1.165, 1.54) is 19.3 Å². The summed E-state index contributed by atoms with van der Waals surface area (Å²) in [6.45, 7) is 2.32. The van der Waals surface area contributed by atoms with Crippen LogP contribution in [0.3, 0.4) is 0 Å². The predicted molar refractivity (Wildman–Crippen MR) is 94.0 cm³/mol. The van der Waals surface area contributed by atoms with Crippen molar-refractivity contribution in [3.63, 3.8) is 0 Å². The van der Waals surface area contributed by atoms with Crippen LogP contribution >= 0.6 is 0 Å². The highest BCUT2D eigenvalue weighted by atomic mass is 16.2. The highest BCUT2D eigenvalue weighted by molar-refractivity contribution is 5.92. The minimum atomic E-state index is 0.0106.